The maximum atomic E-state index is 12.7. The third kappa shape index (κ3) is 3.66. The largest absolute Gasteiger partial charge is 0.494 e. The second-order valence-corrected chi connectivity index (χ2v) is 6.90. The topological polar surface area (TPSA) is 64.1 Å². The number of benzene rings is 2. The van der Waals surface area contributed by atoms with Crippen LogP contribution in [0.3, 0.4) is 0 Å². The number of fused-ring (bicyclic) bond motifs is 1. The van der Waals surface area contributed by atoms with Gasteiger partial charge in [-0.25, -0.2) is 4.98 Å². The van der Waals surface area contributed by atoms with E-state index in [1.807, 2.05) is 36.4 Å². The van der Waals surface area contributed by atoms with Crippen molar-refractivity contribution in [3.05, 3.63) is 82.4 Å². The molecular weight excluding hydrogens is 358 g/mol. The van der Waals surface area contributed by atoms with E-state index in [2.05, 4.69) is 27.4 Å². The first-order valence-electron chi connectivity index (χ1n) is 8.46. The molecule has 2 aromatic heterocycles. The number of carbonyl (C=O) groups is 1. The van der Waals surface area contributed by atoms with E-state index in [1.54, 1.807) is 24.8 Å². The molecule has 2 aromatic carbocycles. The third-order valence-electron chi connectivity index (χ3n) is 4.18. The zero-order chi connectivity index (χ0) is 18.6. The standard InChI is InChI=1S/C21H17N3O2S/c1-26-18-10-9-16(15-8-5-11-22-20(15)18)24-21(25)17-13-27-19(23-17)12-14-6-3-2-4-7-14/h2-11,13H,12H2,1H3,(H,24,25). The lowest BCUT2D eigenvalue weighted by Crippen LogP contribution is -2.13. The van der Waals surface area contributed by atoms with Crippen molar-refractivity contribution in [1.82, 2.24) is 9.97 Å². The highest BCUT2D eigenvalue weighted by atomic mass is 32.1. The molecule has 4 rings (SSSR count). The van der Waals surface area contributed by atoms with E-state index in [4.69, 9.17) is 4.74 Å². The number of anilines is 1. The van der Waals surface area contributed by atoms with Crippen molar-refractivity contribution in [2.75, 3.05) is 12.4 Å². The normalized spacial score (nSPS) is 10.7. The van der Waals surface area contributed by atoms with E-state index in [-0.39, 0.29) is 5.91 Å². The Kier molecular flexibility index (Phi) is 4.80. The van der Waals surface area contributed by atoms with Crippen molar-refractivity contribution in [2.45, 2.75) is 6.42 Å². The molecule has 0 radical (unpaired) electrons. The molecule has 0 fully saturated rings. The van der Waals surface area contributed by atoms with Crippen LogP contribution in [-0.4, -0.2) is 23.0 Å². The van der Waals surface area contributed by atoms with E-state index in [9.17, 15) is 4.79 Å². The molecule has 1 amide bonds. The van der Waals surface area contributed by atoms with Gasteiger partial charge in [-0.3, -0.25) is 9.78 Å². The van der Waals surface area contributed by atoms with Gasteiger partial charge in [0.15, 0.2) is 0 Å². The highest BCUT2D eigenvalue weighted by Crippen LogP contribution is 2.30. The van der Waals surface area contributed by atoms with Gasteiger partial charge < -0.3 is 10.1 Å². The SMILES string of the molecule is COc1ccc(NC(=O)c2csc(Cc3ccccc3)n2)c2cccnc12. The van der Waals surface area contributed by atoms with Crippen LogP contribution >= 0.6 is 11.3 Å². The summed E-state index contributed by atoms with van der Waals surface area (Å²) in [5, 5.41) is 6.46. The first kappa shape index (κ1) is 17.2. The van der Waals surface area contributed by atoms with Crippen LogP contribution in [0.2, 0.25) is 0 Å². The van der Waals surface area contributed by atoms with Gasteiger partial charge in [-0.15, -0.1) is 11.3 Å². The molecule has 134 valence electrons. The second-order valence-electron chi connectivity index (χ2n) is 5.96. The van der Waals surface area contributed by atoms with Gasteiger partial charge in [0.05, 0.1) is 17.8 Å². The number of methoxy groups -OCH3 is 1. The fourth-order valence-electron chi connectivity index (χ4n) is 2.87. The number of carbonyl (C=O) groups excluding carboxylic acids is 1. The molecule has 1 N–H and O–H groups in total. The Labute approximate surface area is 160 Å². The fraction of sp³-hybridized carbons (Fsp3) is 0.0952. The molecule has 0 unspecified atom stereocenters. The Morgan fingerprint density at radius 2 is 1.96 bits per heavy atom. The van der Waals surface area contributed by atoms with Crippen LogP contribution in [0.4, 0.5) is 5.69 Å². The summed E-state index contributed by atoms with van der Waals surface area (Å²) in [6, 6.07) is 17.4. The highest BCUT2D eigenvalue weighted by Gasteiger charge is 2.14. The van der Waals surface area contributed by atoms with Crippen molar-refractivity contribution < 1.29 is 9.53 Å². The molecule has 2 heterocycles. The van der Waals surface area contributed by atoms with Gasteiger partial charge in [0.1, 0.15) is 17.0 Å². The molecule has 6 heteroatoms. The van der Waals surface area contributed by atoms with Crippen LogP contribution < -0.4 is 10.1 Å². The monoisotopic (exact) mass is 375 g/mol. The molecule has 0 aliphatic carbocycles. The van der Waals surface area contributed by atoms with Gasteiger partial charge in [-0.2, -0.15) is 0 Å². The number of pyridine rings is 1. The third-order valence-corrected chi connectivity index (χ3v) is 5.03. The summed E-state index contributed by atoms with van der Waals surface area (Å²) in [5.41, 5.74) is 2.98. The molecule has 5 nitrogen and oxygen atoms in total. The molecule has 0 saturated heterocycles. The molecule has 0 saturated carbocycles. The second kappa shape index (κ2) is 7.55. The average molecular weight is 375 g/mol. The van der Waals surface area contributed by atoms with Crippen LogP contribution in [0.1, 0.15) is 21.1 Å². The van der Waals surface area contributed by atoms with Crippen LogP contribution in [0, 0.1) is 0 Å². The molecule has 0 bridgehead atoms. The number of ether oxygens (including phenoxy) is 1. The predicted molar refractivity (Wildman–Crippen MR) is 108 cm³/mol. The molecule has 27 heavy (non-hydrogen) atoms. The van der Waals surface area contributed by atoms with Gasteiger partial charge in [-0.1, -0.05) is 30.3 Å². The van der Waals surface area contributed by atoms with Gasteiger partial charge in [0, 0.05) is 23.4 Å². The first-order valence-corrected chi connectivity index (χ1v) is 9.34. The summed E-state index contributed by atoms with van der Waals surface area (Å²) in [6.45, 7) is 0. The van der Waals surface area contributed by atoms with Crippen molar-refractivity contribution >= 4 is 33.8 Å². The van der Waals surface area contributed by atoms with Gasteiger partial charge in [-0.05, 0) is 29.8 Å². The zero-order valence-corrected chi connectivity index (χ0v) is 15.5. The predicted octanol–water partition coefficient (Wildman–Crippen LogP) is 4.54. The van der Waals surface area contributed by atoms with Crippen LogP contribution in [0.15, 0.2) is 66.2 Å². The van der Waals surface area contributed by atoms with Crippen LogP contribution in [-0.2, 0) is 6.42 Å². The summed E-state index contributed by atoms with van der Waals surface area (Å²) in [4.78, 5) is 21.5. The van der Waals surface area contributed by atoms with E-state index in [0.29, 0.717) is 29.1 Å². The smallest absolute Gasteiger partial charge is 0.275 e. The Bertz CT molecular complexity index is 1090. The summed E-state index contributed by atoms with van der Waals surface area (Å²) in [7, 11) is 1.60. The fourth-order valence-corrected chi connectivity index (χ4v) is 3.68. The quantitative estimate of drug-likeness (QED) is 0.556. The van der Waals surface area contributed by atoms with E-state index < -0.39 is 0 Å². The van der Waals surface area contributed by atoms with E-state index >= 15 is 0 Å². The minimum absolute atomic E-state index is 0.235. The van der Waals surface area contributed by atoms with Crippen LogP contribution in [0.25, 0.3) is 10.9 Å². The summed E-state index contributed by atoms with van der Waals surface area (Å²) >= 11 is 1.49. The van der Waals surface area contributed by atoms with Crippen molar-refractivity contribution in [3.63, 3.8) is 0 Å². The maximum absolute atomic E-state index is 12.7. The average Bonchev–Trinajstić information content (AvgIpc) is 3.18. The number of nitrogens with one attached hydrogen (secondary N) is 1. The molecule has 4 aromatic rings. The van der Waals surface area contributed by atoms with Gasteiger partial charge >= 0.3 is 0 Å². The first-order chi connectivity index (χ1) is 13.2. The summed E-state index contributed by atoms with van der Waals surface area (Å²) in [6.07, 6.45) is 2.42. The number of thiazole rings is 1. The van der Waals surface area contributed by atoms with E-state index in [1.165, 1.54) is 16.9 Å². The number of nitrogens with zero attached hydrogens (tertiary/aromatic N) is 2. The minimum Gasteiger partial charge on any atom is -0.494 e. The molecule has 0 atom stereocenters. The Balaban J connectivity index is 1.56. The highest BCUT2D eigenvalue weighted by molar-refractivity contribution is 7.09. The van der Waals surface area contributed by atoms with Crippen molar-refractivity contribution in [2.24, 2.45) is 0 Å². The van der Waals surface area contributed by atoms with E-state index in [0.717, 1.165) is 10.4 Å². The number of rotatable bonds is 5. The molecule has 0 spiro atoms. The number of hydrogen-bond acceptors (Lipinski definition) is 5. The molecular formula is C21H17N3O2S. The number of amides is 1. The summed E-state index contributed by atoms with van der Waals surface area (Å²) < 4.78 is 5.35. The molecule has 0 aliphatic rings. The van der Waals surface area contributed by atoms with Crippen molar-refractivity contribution in [3.8, 4) is 5.75 Å². The maximum Gasteiger partial charge on any atom is 0.275 e. The Morgan fingerprint density at radius 1 is 1.11 bits per heavy atom. The molecule has 0 aliphatic heterocycles. The van der Waals surface area contributed by atoms with Gasteiger partial charge in [0.2, 0.25) is 0 Å². The minimum atomic E-state index is -0.235. The Hall–Kier alpha value is -3.25. The lowest BCUT2D eigenvalue weighted by molar-refractivity contribution is 0.102. The van der Waals surface area contributed by atoms with Gasteiger partial charge in [0.25, 0.3) is 5.91 Å². The lowest BCUT2D eigenvalue weighted by Gasteiger charge is -2.10. The lowest BCUT2D eigenvalue weighted by atomic mass is 10.1. The van der Waals surface area contributed by atoms with Crippen molar-refractivity contribution in [1.29, 1.82) is 0 Å². The zero-order valence-electron chi connectivity index (χ0n) is 14.7. The summed E-state index contributed by atoms with van der Waals surface area (Å²) in [5.74, 6) is 0.434. The number of hydrogen-bond donors (Lipinski definition) is 1. The Morgan fingerprint density at radius 3 is 2.78 bits per heavy atom. The van der Waals surface area contributed by atoms with Crippen LogP contribution in [0.5, 0.6) is 5.75 Å². The number of aromatic nitrogens is 2.